The first-order valence-electron chi connectivity index (χ1n) is 5.63. The van der Waals surface area contributed by atoms with Crippen molar-refractivity contribution in [3.63, 3.8) is 0 Å². The number of rotatable bonds is 5. The van der Waals surface area contributed by atoms with Gasteiger partial charge in [-0.1, -0.05) is 11.6 Å². The van der Waals surface area contributed by atoms with Gasteiger partial charge in [0.2, 0.25) is 0 Å². The second-order valence-corrected chi connectivity index (χ2v) is 6.87. The van der Waals surface area contributed by atoms with Crippen molar-refractivity contribution in [2.24, 2.45) is 0 Å². The third-order valence-corrected chi connectivity index (χ3v) is 4.89. The van der Waals surface area contributed by atoms with Gasteiger partial charge in [0.25, 0.3) is 10.0 Å². The lowest BCUT2D eigenvalue weighted by molar-refractivity contribution is 0.0607. The van der Waals surface area contributed by atoms with Crippen molar-refractivity contribution in [3.8, 4) is 0 Å². The predicted octanol–water partition coefficient (Wildman–Crippen LogP) is 2.49. The highest BCUT2D eigenvalue weighted by atomic mass is 35.5. The Morgan fingerprint density at radius 1 is 1.24 bits per heavy atom. The van der Waals surface area contributed by atoms with Crippen LogP contribution in [0.2, 0.25) is 5.02 Å². The molecule has 2 aromatic rings. The van der Waals surface area contributed by atoms with Gasteiger partial charge in [0.15, 0.2) is 0 Å². The second-order valence-electron chi connectivity index (χ2n) is 3.84. The molecule has 1 aromatic carbocycles. The van der Waals surface area contributed by atoms with Gasteiger partial charge in [0, 0.05) is 5.02 Å². The number of halogens is 1. The minimum absolute atomic E-state index is 0.0502. The zero-order valence-electron chi connectivity index (χ0n) is 10.8. The highest BCUT2D eigenvalue weighted by Crippen LogP contribution is 2.23. The van der Waals surface area contributed by atoms with Gasteiger partial charge in [-0.05, 0) is 35.7 Å². The normalized spacial score (nSPS) is 11.1. The molecule has 112 valence electrons. The first-order valence-corrected chi connectivity index (χ1v) is 8.37. The van der Waals surface area contributed by atoms with Crippen LogP contribution in [0.3, 0.4) is 0 Å². The van der Waals surface area contributed by atoms with Crippen molar-refractivity contribution in [1.82, 2.24) is 4.83 Å². The number of thiophene rings is 1. The monoisotopic (exact) mass is 346 g/mol. The van der Waals surface area contributed by atoms with Crippen LogP contribution in [0.5, 0.6) is 0 Å². The Hall–Kier alpha value is -1.61. The molecule has 0 fully saturated rings. The summed E-state index contributed by atoms with van der Waals surface area (Å²) in [6, 6.07) is 7.27. The van der Waals surface area contributed by atoms with Gasteiger partial charge in [-0.2, -0.15) is 0 Å². The number of benzene rings is 1. The Morgan fingerprint density at radius 3 is 2.52 bits per heavy atom. The summed E-state index contributed by atoms with van der Waals surface area (Å²) >= 11 is 6.85. The Morgan fingerprint density at radius 2 is 1.90 bits per heavy atom. The van der Waals surface area contributed by atoms with E-state index >= 15 is 0 Å². The van der Waals surface area contributed by atoms with Crippen LogP contribution in [0.4, 0.5) is 5.69 Å². The van der Waals surface area contributed by atoms with E-state index in [2.05, 4.69) is 15.0 Å². The number of anilines is 1. The molecule has 0 saturated heterocycles. The van der Waals surface area contributed by atoms with Crippen LogP contribution in [-0.4, -0.2) is 21.5 Å². The van der Waals surface area contributed by atoms with Crippen molar-refractivity contribution < 1.29 is 17.9 Å². The lowest BCUT2D eigenvalue weighted by Crippen LogP contribution is -2.30. The van der Waals surface area contributed by atoms with Crippen LogP contribution in [0, 0.1) is 0 Å². The van der Waals surface area contributed by atoms with E-state index in [1.807, 2.05) is 0 Å². The van der Waals surface area contributed by atoms with Crippen LogP contribution in [0.25, 0.3) is 0 Å². The number of hydrogen-bond donors (Lipinski definition) is 2. The summed E-state index contributed by atoms with van der Waals surface area (Å²) in [5.41, 5.74) is 2.82. The molecule has 0 aliphatic heterocycles. The molecule has 0 amide bonds. The van der Waals surface area contributed by atoms with Gasteiger partial charge in [-0.25, -0.2) is 13.2 Å². The fourth-order valence-corrected chi connectivity index (χ4v) is 3.20. The zero-order chi connectivity index (χ0) is 15.5. The summed E-state index contributed by atoms with van der Waals surface area (Å²) < 4.78 is 28.7. The number of sulfonamides is 1. The van der Waals surface area contributed by atoms with Crippen molar-refractivity contribution in [2.45, 2.75) is 4.90 Å². The maximum atomic E-state index is 12.1. The molecule has 0 aliphatic carbocycles. The lowest BCUT2D eigenvalue weighted by Gasteiger charge is -2.09. The fraction of sp³-hybridized carbons (Fsp3) is 0.0833. The Bertz CT molecular complexity index is 741. The SMILES string of the molecule is COC(=O)c1sccc1NNS(=O)(=O)c1ccc(Cl)cc1. The molecule has 2 rings (SSSR count). The van der Waals surface area contributed by atoms with Gasteiger partial charge in [0.1, 0.15) is 4.88 Å². The van der Waals surface area contributed by atoms with E-state index in [-0.39, 0.29) is 9.77 Å². The first-order chi connectivity index (χ1) is 9.94. The van der Waals surface area contributed by atoms with Crippen LogP contribution < -0.4 is 10.3 Å². The molecule has 0 bridgehead atoms. The minimum atomic E-state index is -3.77. The molecule has 0 atom stereocenters. The highest BCUT2D eigenvalue weighted by Gasteiger charge is 2.17. The smallest absolute Gasteiger partial charge is 0.350 e. The molecule has 9 heteroatoms. The van der Waals surface area contributed by atoms with Gasteiger partial charge >= 0.3 is 5.97 Å². The molecule has 1 aromatic heterocycles. The van der Waals surface area contributed by atoms with Gasteiger partial charge in [-0.15, -0.1) is 16.2 Å². The number of esters is 1. The topological polar surface area (TPSA) is 84.5 Å². The van der Waals surface area contributed by atoms with Gasteiger partial charge in [0.05, 0.1) is 17.7 Å². The summed E-state index contributed by atoms with van der Waals surface area (Å²) in [4.78, 5) is 14.0. The van der Waals surface area contributed by atoms with Crippen LogP contribution in [0.1, 0.15) is 9.67 Å². The van der Waals surface area contributed by atoms with E-state index in [1.54, 1.807) is 11.4 Å². The van der Waals surface area contributed by atoms with Crippen LogP contribution in [0.15, 0.2) is 40.6 Å². The van der Waals surface area contributed by atoms with Crippen molar-refractivity contribution in [3.05, 3.63) is 45.6 Å². The second kappa shape index (κ2) is 6.44. The van der Waals surface area contributed by atoms with Crippen LogP contribution in [-0.2, 0) is 14.8 Å². The Labute approximate surface area is 130 Å². The van der Waals surface area contributed by atoms with E-state index in [9.17, 15) is 13.2 Å². The summed E-state index contributed by atoms with van der Waals surface area (Å²) in [7, 11) is -2.52. The molecule has 2 N–H and O–H groups in total. The highest BCUT2D eigenvalue weighted by molar-refractivity contribution is 7.89. The first kappa shape index (κ1) is 15.8. The molecule has 0 aliphatic rings. The quantitative estimate of drug-likeness (QED) is 0.642. The summed E-state index contributed by atoms with van der Waals surface area (Å²) in [6.45, 7) is 0. The molecule has 0 unspecified atom stereocenters. The number of hydrazine groups is 1. The minimum Gasteiger partial charge on any atom is -0.465 e. The maximum Gasteiger partial charge on any atom is 0.350 e. The maximum absolute atomic E-state index is 12.1. The van der Waals surface area contributed by atoms with E-state index in [0.29, 0.717) is 10.7 Å². The molecule has 0 saturated carbocycles. The average molecular weight is 347 g/mol. The fourth-order valence-electron chi connectivity index (χ4n) is 1.45. The number of nitrogens with one attached hydrogen (secondary N) is 2. The molecule has 1 heterocycles. The number of ether oxygens (including phenoxy) is 1. The molecule has 0 radical (unpaired) electrons. The molecular formula is C12H11ClN2O4S2. The summed E-state index contributed by atoms with van der Waals surface area (Å²) in [6.07, 6.45) is 0. The van der Waals surface area contributed by atoms with E-state index < -0.39 is 16.0 Å². The summed E-state index contributed by atoms with van der Waals surface area (Å²) in [5, 5.41) is 2.08. The van der Waals surface area contributed by atoms with Crippen molar-refractivity contribution in [2.75, 3.05) is 12.5 Å². The third kappa shape index (κ3) is 3.73. The van der Waals surface area contributed by atoms with Gasteiger partial charge in [-0.3, -0.25) is 0 Å². The van der Waals surface area contributed by atoms with E-state index in [0.717, 1.165) is 11.3 Å². The van der Waals surface area contributed by atoms with Crippen LogP contribution >= 0.6 is 22.9 Å². The van der Waals surface area contributed by atoms with E-state index in [4.69, 9.17) is 11.6 Å². The number of carbonyl (C=O) groups is 1. The van der Waals surface area contributed by atoms with Crippen molar-refractivity contribution >= 4 is 44.6 Å². The zero-order valence-corrected chi connectivity index (χ0v) is 13.2. The largest absolute Gasteiger partial charge is 0.465 e. The van der Waals surface area contributed by atoms with E-state index in [1.165, 1.54) is 31.4 Å². The molecule has 6 nitrogen and oxygen atoms in total. The average Bonchev–Trinajstić information content (AvgIpc) is 2.93. The standard InChI is InChI=1S/C12H11ClN2O4S2/c1-19-12(16)11-10(6-7-20-11)14-15-21(17,18)9-4-2-8(13)3-5-9/h2-7,14-15H,1H3. The number of carbonyl (C=O) groups excluding carboxylic acids is 1. The number of hydrogen-bond acceptors (Lipinski definition) is 6. The predicted molar refractivity (Wildman–Crippen MR) is 81.1 cm³/mol. The Kier molecular flexibility index (Phi) is 4.84. The Balaban J connectivity index is 2.14. The summed E-state index contributed by atoms with van der Waals surface area (Å²) in [5.74, 6) is -0.543. The molecular weight excluding hydrogens is 336 g/mol. The molecule has 21 heavy (non-hydrogen) atoms. The third-order valence-electron chi connectivity index (χ3n) is 2.48. The molecule has 0 spiro atoms. The number of methoxy groups -OCH3 is 1. The van der Waals surface area contributed by atoms with Crippen molar-refractivity contribution in [1.29, 1.82) is 0 Å². The lowest BCUT2D eigenvalue weighted by atomic mass is 10.4. The van der Waals surface area contributed by atoms with Gasteiger partial charge < -0.3 is 10.2 Å².